The van der Waals surface area contributed by atoms with E-state index in [1.165, 1.54) is 0 Å². The van der Waals surface area contributed by atoms with Gasteiger partial charge in [0.25, 0.3) is 0 Å². The SMILES string of the molecule is CCN(CC)c1cc(Cl)c(C=O)c(Cl)c1. The van der Waals surface area contributed by atoms with Crippen LogP contribution in [0.15, 0.2) is 12.1 Å². The summed E-state index contributed by atoms with van der Waals surface area (Å²) in [6.45, 7) is 5.87. The molecule has 1 aromatic carbocycles. The van der Waals surface area contributed by atoms with Gasteiger partial charge < -0.3 is 4.90 Å². The molecule has 0 heterocycles. The van der Waals surface area contributed by atoms with E-state index in [-0.39, 0.29) is 0 Å². The van der Waals surface area contributed by atoms with Gasteiger partial charge in [-0.1, -0.05) is 23.2 Å². The molecule has 15 heavy (non-hydrogen) atoms. The Morgan fingerprint density at radius 2 is 1.67 bits per heavy atom. The highest BCUT2D eigenvalue weighted by atomic mass is 35.5. The molecular weight excluding hydrogens is 233 g/mol. The molecule has 4 heteroatoms. The Morgan fingerprint density at radius 3 is 2.00 bits per heavy atom. The molecule has 0 aromatic heterocycles. The molecule has 0 spiro atoms. The fraction of sp³-hybridized carbons (Fsp3) is 0.364. The van der Waals surface area contributed by atoms with Crippen LogP contribution >= 0.6 is 23.2 Å². The molecule has 0 amide bonds. The molecule has 0 fully saturated rings. The number of anilines is 1. The molecule has 0 aliphatic carbocycles. The molecule has 0 N–H and O–H groups in total. The molecular formula is C11H13Cl2NO. The number of hydrogen-bond acceptors (Lipinski definition) is 2. The molecule has 1 aromatic rings. The summed E-state index contributed by atoms with van der Waals surface area (Å²) in [7, 11) is 0. The third-order valence-corrected chi connectivity index (χ3v) is 2.94. The lowest BCUT2D eigenvalue weighted by Gasteiger charge is -2.21. The number of aldehydes is 1. The number of nitrogens with zero attached hydrogens (tertiary/aromatic N) is 1. The van der Waals surface area contributed by atoms with Gasteiger partial charge in [-0.3, -0.25) is 4.79 Å². The molecule has 0 atom stereocenters. The van der Waals surface area contributed by atoms with Crippen molar-refractivity contribution >= 4 is 35.2 Å². The maximum atomic E-state index is 10.7. The lowest BCUT2D eigenvalue weighted by Crippen LogP contribution is -2.21. The second-order valence-corrected chi connectivity index (χ2v) is 3.93. The van der Waals surface area contributed by atoms with Crippen LogP contribution in [0.4, 0.5) is 5.69 Å². The molecule has 0 aliphatic heterocycles. The normalized spacial score (nSPS) is 10.1. The van der Waals surface area contributed by atoms with Crippen molar-refractivity contribution in [2.45, 2.75) is 13.8 Å². The first kappa shape index (κ1) is 12.3. The summed E-state index contributed by atoms with van der Waals surface area (Å²) in [6, 6.07) is 3.54. The second kappa shape index (κ2) is 5.38. The molecule has 0 radical (unpaired) electrons. The average Bonchev–Trinajstić information content (AvgIpc) is 2.19. The van der Waals surface area contributed by atoms with Crippen molar-refractivity contribution in [3.05, 3.63) is 27.7 Å². The highest BCUT2D eigenvalue weighted by molar-refractivity contribution is 6.38. The number of carbonyl (C=O) groups excluding carboxylic acids is 1. The van der Waals surface area contributed by atoms with Crippen molar-refractivity contribution in [2.24, 2.45) is 0 Å². The third kappa shape index (κ3) is 2.64. The van der Waals surface area contributed by atoms with Gasteiger partial charge in [-0.05, 0) is 26.0 Å². The minimum absolute atomic E-state index is 0.356. The number of carbonyl (C=O) groups is 1. The summed E-state index contributed by atoms with van der Waals surface area (Å²) in [5, 5.41) is 0.804. The maximum absolute atomic E-state index is 10.7. The molecule has 0 bridgehead atoms. The number of hydrogen-bond donors (Lipinski definition) is 0. The summed E-state index contributed by atoms with van der Waals surface area (Å²) in [4.78, 5) is 12.8. The maximum Gasteiger partial charge on any atom is 0.153 e. The Morgan fingerprint density at radius 1 is 1.20 bits per heavy atom. The number of halogens is 2. The second-order valence-electron chi connectivity index (χ2n) is 3.11. The Kier molecular flexibility index (Phi) is 4.43. The van der Waals surface area contributed by atoms with E-state index in [0.717, 1.165) is 18.8 Å². The fourth-order valence-corrected chi connectivity index (χ4v) is 2.02. The minimum Gasteiger partial charge on any atom is -0.372 e. The van der Waals surface area contributed by atoms with Gasteiger partial charge in [0, 0.05) is 18.8 Å². The lowest BCUT2D eigenvalue weighted by atomic mass is 10.2. The van der Waals surface area contributed by atoms with Crippen molar-refractivity contribution in [2.75, 3.05) is 18.0 Å². The largest absolute Gasteiger partial charge is 0.372 e. The monoisotopic (exact) mass is 245 g/mol. The summed E-state index contributed by atoms with van der Waals surface area (Å²) in [5.41, 5.74) is 1.30. The molecule has 2 nitrogen and oxygen atoms in total. The fourth-order valence-electron chi connectivity index (χ4n) is 1.45. The summed E-state index contributed by atoms with van der Waals surface area (Å²) < 4.78 is 0. The van der Waals surface area contributed by atoms with Gasteiger partial charge in [-0.2, -0.15) is 0 Å². The van der Waals surface area contributed by atoms with E-state index >= 15 is 0 Å². The van der Waals surface area contributed by atoms with Crippen molar-refractivity contribution in [1.82, 2.24) is 0 Å². The summed E-state index contributed by atoms with van der Waals surface area (Å²) in [6.07, 6.45) is 0.677. The van der Waals surface area contributed by atoms with E-state index in [0.29, 0.717) is 21.9 Å². The van der Waals surface area contributed by atoms with E-state index in [9.17, 15) is 4.79 Å². The average molecular weight is 246 g/mol. The summed E-state index contributed by atoms with van der Waals surface area (Å²) >= 11 is 11.9. The highest BCUT2D eigenvalue weighted by Crippen LogP contribution is 2.29. The van der Waals surface area contributed by atoms with Gasteiger partial charge >= 0.3 is 0 Å². The minimum atomic E-state index is 0.356. The van der Waals surface area contributed by atoms with Crippen molar-refractivity contribution in [3.8, 4) is 0 Å². The molecule has 0 saturated heterocycles. The summed E-state index contributed by atoms with van der Waals surface area (Å²) in [5.74, 6) is 0. The first-order valence-electron chi connectivity index (χ1n) is 4.83. The lowest BCUT2D eigenvalue weighted by molar-refractivity contribution is 0.112. The van der Waals surface area contributed by atoms with Gasteiger partial charge in [0.15, 0.2) is 6.29 Å². The van der Waals surface area contributed by atoms with Crippen LogP contribution in [-0.2, 0) is 0 Å². The van der Waals surface area contributed by atoms with Crippen molar-refractivity contribution in [3.63, 3.8) is 0 Å². The van der Waals surface area contributed by atoms with Gasteiger partial charge in [0.05, 0.1) is 15.6 Å². The standard InChI is InChI=1S/C11H13Cl2NO/c1-3-14(4-2)8-5-10(12)9(7-15)11(13)6-8/h5-7H,3-4H2,1-2H3. The van der Waals surface area contributed by atoms with E-state index in [4.69, 9.17) is 23.2 Å². The Hall–Kier alpha value is -0.730. The zero-order chi connectivity index (χ0) is 11.4. The van der Waals surface area contributed by atoms with Crippen LogP contribution in [0.25, 0.3) is 0 Å². The van der Waals surface area contributed by atoms with Crippen LogP contribution in [0.2, 0.25) is 10.0 Å². The van der Waals surface area contributed by atoms with Crippen LogP contribution in [0.5, 0.6) is 0 Å². The van der Waals surface area contributed by atoms with E-state index in [1.54, 1.807) is 12.1 Å². The highest BCUT2D eigenvalue weighted by Gasteiger charge is 2.10. The van der Waals surface area contributed by atoms with Crippen LogP contribution in [0.1, 0.15) is 24.2 Å². The van der Waals surface area contributed by atoms with E-state index in [2.05, 4.69) is 18.7 Å². The predicted molar refractivity (Wildman–Crippen MR) is 65.4 cm³/mol. The van der Waals surface area contributed by atoms with Crippen LogP contribution in [-0.4, -0.2) is 19.4 Å². The molecule has 82 valence electrons. The quantitative estimate of drug-likeness (QED) is 0.755. The van der Waals surface area contributed by atoms with Crippen LogP contribution in [0, 0.1) is 0 Å². The third-order valence-electron chi connectivity index (χ3n) is 2.31. The number of rotatable bonds is 4. The Labute approximate surface area is 99.8 Å². The van der Waals surface area contributed by atoms with Gasteiger partial charge in [0.1, 0.15) is 0 Å². The van der Waals surface area contributed by atoms with Crippen LogP contribution in [0.3, 0.4) is 0 Å². The van der Waals surface area contributed by atoms with Gasteiger partial charge in [-0.15, -0.1) is 0 Å². The Balaban J connectivity index is 3.18. The molecule has 0 aliphatic rings. The predicted octanol–water partition coefficient (Wildman–Crippen LogP) is 3.65. The first-order valence-corrected chi connectivity index (χ1v) is 5.58. The molecule has 0 unspecified atom stereocenters. The smallest absolute Gasteiger partial charge is 0.153 e. The van der Waals surface area contributed by atoms with Gasteiger partial charge in [0.2, 0.25) is 0 Å². The first-order chi connectivity index (χ1) is 7.13. The number of benzene rings is 1. The van der Waals surface area contributed by atoms with Crippen molar-refractivity contribution < 1.29 is 4.79 Å². The van der Waals surface area contributed by atoms with Crippen molar-refractivity contribution in [1.29, 1.82) is 0 Å². The van der Waals surface area contributed by atoms with E-state index < -0.39 is 0 Å². The van der Waals surface area contributed by atoms with E-state index in [1.807, 2.05) is 0 Å². The molecule has 0 saturated carbocycles. The molecule has 1 rings (SSSR count). The van der Waals surface area contributed by atoms with Crippen LogP contribution < -0.4 is 4.90 Å². The topological polar surface area (TPSA) is 20.3 Å². The Bertz CT molecular complexity index is 339. The zero-order valence-corrected chi connectivity index (χ0v) is 10.3. The van der Waals surface area contributed by atoms with Gasteiger partial charge in [-0.25, -0.2) is 0 Å². The zero-order valence-electron chi connectivity index (χ0n) is 8.76.